The zero-order valence-corrected chi connectivity index (χ0v) is 64.5. The summed E-state index contributed by atoms with van der Waals surface area (Å²) in [6.45, 7) is 19.4. The molecule has 14 rings (SSSR count). The van der Waals surface area contributed by atoms with E-state index in [1.807, 2.05) is 62.4 Å². The fourth-order valence-corrected chi connectivity index (χ4v) is 20.7. The maximum atomic E-state index is 13.6. The predicted octanol–water partition coefficient (Wildman–Crippen LogP) is 12.0. The molecule has 2 amide bonds. The number of nitrogens with zero attached hydrogens (tertiary/aromatic N) is 4. The van der Waals surface area contributed by atoms with Gasteiger partial charge in [-0.2, -0.15) is 0 Å². The standard InChI is InChI=1S/2C41H52ClN3O6S/c2*1-29-8-6-18-41(49-3,17-4-5-19-44-20-22-50-23-21-44)36-13-10-33(36)26-45-27-40(16-7-9-31-24-34(42)12-14-35(31)40)28-51-38-15-11-32(25-37(38)45)39(46)43-52(47,48)30(29)2/h2*6,11-12,14-15,18,24-25,29-30,33,36H,5,7-10,13,16,19-23,26-28H2,1-3H3,(H,43,46)/b2*18-6+/t2*29-,30+,33-,36+,40-,41-/m00/s1. The van der Waals surface area contributed by atoms with Crippen molar-refractivity contribution in [3.8, 4) is 35.2 Å². The van der Waals surface area contributed by atoms with E-state index >= 15 is 0 Å². The van der Waals surface area contributed by atoms with Crippen molar-refractivity contribution in [2.24, 2.45) is 35.5 Å². The van der Waals surface area contributed by atoms with Crippen LogP contribution in [0.1, 0.15) is 148 Å². The third-order valence-electron chi connectivity index (χ3n) is 24.8. The minimum atomic E-state index is -3.97. The Balaban J connectivity index is 0.000000185. The molecule has 4 aromatic carbocycles. The first kappa shape index (κ1) is 76.1. The van der Waals surface area contributed by atoms with E-state index in [9.17, 15) is 26.4 Å². The first-order chi connectivity index (χ1) is 50.0. The molecule has 0 aromatic heterocycles. The lowest BCUT2D eigenvalue weighted by Crippen LogP contribution is -2.52. The molecule has 6 heterocycles. The van der Waals surface area contributed by atoms with Crippen LogP contribution in [0, 0.1) is 59.2 Å². The Morgan fingerprint density at radius 1 is 0.558 bits per heavy atom. The second-order valence-electron chi connectivity index (χ2n) is 31.1. The number of fused-ring (bicyclic) bond motifs is 8. The van der Waals surface area contributed by atoms with Crippen molar-refractivity contribution < 1.29 is 54.8 Å². The molecule has 18 nitrogen and oxygen atoms in total. The molecule has 104 heavy (non-hydrogen) atoms. The summed E-state index contributed by atoms with van der Waals surface area (Å²) in [4.78, 5) is 36.8. The van der Waals surface area contributed by atoms with E-state index in [4.69, 9.17) is 51.6 Å². The van der Waals surface area contributed by atoms with Gasteiger partial charge in [0.25, 0.3) is 11.8 Å². The number of methoxy groups -OCH3 is 2. The number of carbonyl (C=O) groups is 2. The van der Waals surface area contributed by atoms with E-state index in [1.54, 1.807) is 40.2 Å². The van der Waals surface area contributed by atoms with Gasteiger partial charge in [0.05, 0.1) is 61.5 Å². The van der Waals surface area contributed by atoms with Gasteiger partial charge in [-0.15, -0.1) is 0 Å². The van der Waals surface area contributed by atoms with E-state index in [0.717, 1.165) is 177 Å². The molecule has 2 saturated carbocycles. The molecule has 4 aromatic rings. The molecule has 560 valence electrons. The van der Waals surface area contributed by atoms with Crippen LogP contribution < -0.4 is 28.7 Å². The Labute approximate surface area is 627 Å². The fourth-order valence-electron chi connectivity index (χ4n) is 17.8. The number of carbonyl (C=O) groups excluding carboxylic acids is 2. The van der Waals surface area contributed by atoms with Crippen LogP contribution in [-0.4, -0.2) is 179 Å². The number of nitrogens with one attached hydrogen (secondary N) is 2. The molecular weight excluding hydrogens is 1400 g/mol. The molecule has 4 bridgehead atoms. The van der Waals surface area contributed by atoms with Gasteiger partial charge in [-0.1, -0.05) is 85.0 Å². The van der Waals surface area contributed by atoms with E-state index in [-0.39, 0.29) is 57.5 Å². The highest BCUT2D eigenvalue weighted by Crippen LogP contribution is 2.52. The zero-order chi connectivity index (χ0) is 73.0. The first-order valence-corrected chi connectivity index (χ1v) is 41.7. The van der Waals surface area contributed by atoms with Crippen molar-refractivity contribution in [1.82, 2.24) is 19.2 Å². The van der Waals surface area contributed by atoms with Gasteiger partial charge < -0.3 is 38.2 Å². The van der Waals surface area contributed by atoms with Crippen molar-refractivity contribution in [2.75, 3.05) is 129 Å². The minimum Gasteiger partial charge on any atom is -0.490 e. The summed E-state index contributed by atoms with van der Waals surface area (Å²) in [6.07, 6.45) is 20.6. The monoisotopic (exact) mass is 1500 g/mol. The van der Waals surface area contributed by atoms with Crippen LogP contribution in [0.5, 0.6) is 11.5 Å². The summed E-state index contributed by atoms with van der Waals surface area (Å²) in [5.74, 6) is 14.6. The number of morpholine rings is 2. The second-order valence-corrected chi connectivity index (χ2v) is 36.0. The molecule has 2 N–H and O–H groups in total. The summed E-state index contributed by atoms with van der Waals surface area (Å²) >= 11 is 13.0. The van der Waals surface area contributed by atoms with Crippen molar-refractivity contribution >= 4 is 66.4 Å². The van der Waals surface area contributed by atoms with Crippen molar-refractivity contribution in [3.05, 3.63) is 141 Å². The van der Waals surface area contributed by atoms with Crippen LogP contribution in [0.4, 0.5) is 11.4 Å². The molecule has 2 spiro atoms. The molecular formula is C82H104Cl2N6O12S2. The number of ether oxygens (including phenoxy) is 6. The normalized spacial score (nSPS) is 32.5. The van der Waals surface area contributed by atoms with Crippen molar-refractivity contribution in [1.29, 1.82) is 0 Å². The van der Waals surface area contributed by atoms with Gasteiger partial charge >= 0.3 is 0 Å². The third kappa shape index (κ3) is 16.3. The van der Waals surface area contributed by atoms with Gasteiger partial charge in [0.2, 0.25) is 20.0 Å². The largest absolute Gasteiger partial charge is 0.490 e. The molecule has 2 saturated heterocycles. The number of hydrogen-bond acceptors (Lipinski definition) is 16. The SMILES string of the molecule is CO[C@@]1(C#CCCN2CCOCC2)/C=C/C[C@H](C)[C@@H](C)S(=O)(=O)NC(=O)c2ccc3c(c2)N(C[C@@H]2CC[C@H]21)C[C@@]1(CCCc2cc(Cl)ccc21)CO3.CO[C@@]1(C#CCCN2CCOCC2)/C=C/C[C@H](C)[C@@H](C)S(=O)(=O)NC(=O)c2ccc3c(c2)N(C[C@@H]2CC[C@H]21)C[C@@]1(CCCc2cc(Cl)ccc21)CO3. The number of rotatable bonds is 6. The molecule has 4 fully saturated rings. The molecule has 12 atom stereocenters. The van der Waals surface area contributed by atoms with Gasteiger partial charge in [-0.3, -0.25) is 19.4 Å². The van der Waals surface area contributed by atoms with E-state index < -0.39 is 53.6 Å². The lowest BCUT2D eigenvalue weighted by Gasteiger charge is -2.48. The third-order valence-corrected chi connectivity index (χ3v) is 29.1. The predicted molar refractivity (Wildman–Crippen MR) is 409 cm³/mol. The van der Waals surface area contributed by atoms with Gasteiger partial charge in [-0.05, 0) is 210 Å². The Bertz CT molecular complexity index is 3970. The van der Waals surface area contributed by atoms with Crippen LogP contribution in [0.3, 0.4) is 0 Å². The Hall–Kier alpha value is -6.14. The molecule has 0 unspecified atom stereocenters. The first-order valence-electron chi connectivity index (χ1n) is 37.8. The summed E-state index contributed by atoms with van der Waals surface area (Å²) in [5.41, 5.74) is 5.02. The van der Waals surface area contributed by atoms with Crippen LogP contribution in [0.15, 0.2) is 97.1 Å². The maximum absolute atomic E-state index is 13.6. The number of aryl methyl sites for hydroxylation is 2. The summed E-state index contributed by atoms with van der Waals surface area (Å²) < 4.78 is 96.2. The van der Waals surface area contributed by atoms with Crippen LogP contribution in [0.2, 0.25) is 10.0 Å². The molecule has 10 aliphatic rings. The van der Waals surface area contributed by atoms with Gasteiger partial charge in [0.1, 0.15) is 22.7 Å². The maximum Gasteiger partial charge on any atom is 0.264 e. The number of sulfonamides is 2. The van der Waals surface area contributed by atoms with Crippen LogP contribution >= 0.6 is 23.2 Å². The Kier molecular flexibility index (Phi) is 23.7. The quantitative estimate of drug-likeness (QED) is 0.137. The second kappa shape index (κ2) is 32.4. The van der Waals surface area contributed by atoms with Crippen LogP contribution in [-0.2, 0) is 62.7 Å². The average Bonchev–Trinajstić information content (AvgIpc) is 1.47. The highest BCUT2D eigenvalue weighted by Gasteiger charge is 2.51. The highest BCUT2D eigenvalue weighted by molar-refractivity contribution is 7.91. The Morgan fingerprint density at radius 3 is 1.36 bits per heavy atom. The van der Waals surface area contributed by atoms with Crippen molar-refractivity contribution in [3.63, 3.8) is 0 Å². The smallest absolute Gasteiger partial charge is 0.264 e. The lowest BCUT2D eigenvalue weighted by molar-refractivity contribution is -0.0352. The fraction of sp³-hybridized carbons (Fsp3) is 0.585. The molecule has 6 aliphatic heterocycles. The molecule has 22 heteroatoms. The van der Waals surface area contributed by atoms with Crippen molar-refractivity contribution in [2.45, 2.75) is 150 Å². The van der Waals surface area contributed by atoms with E-state index in [2.05, 4.69) is 89.1 Å². The zero-order valence-electron chi connectivity index (χ0n) is 61.3. The van der Waals surface area contributed by atoms with Crippen LogP contribution in [0.25, 0.3) is 0 Å². The summed E-state index contributed by atoms with van der Waals surface area (Å²) in [6, 6.07) is 23.1. The number of benzene rings is 4. The molecule has 4 aliphatic carbocycles. The highest BCUT2D eigenvalue weighted by atomic mass is 35.5. The average molecular weight is 1500 g/mol. The number of hydrogen-bond donors (Lipinski definition) is 2. The summed E-state index contributed by atoms with van der Waals surface area (Å²) in [7, 11) is -4.44. The number of anilines is 2. The molecule has 0 radical (unpaired) electrons. The summed E-state index contributed by atoms with van der Waals surface area (Å²) in [5, 5.41) is -0.134. The number of halogens is 2. The lowest BCUT2D eigenvalue weighted by atomic mass is 9.64. The number of amides is 2. The van der Waals surface area contributed by atoms with Gasteiger partial charge in [-0.25, -0.2) is 26.3 Å². The number of allylic oxidation sites excluding steroid dienone is 2. The van der Waals surface area contributed by atoms with Gasteiger partial charge in [0.15, 0.2) is 0 Å². The van der Waals surface area contributed by atoms with E-state index in [1.165, 1.54) is 22.3 Å². The Morgan fingerprint density at radius 2 is 0.971 bits per heavy atom. The van der Waals surface area contributed by atoms with E-state index in [0.29, 0.717) is 50.6 Å². The minimum absolute atomic E-state index is 0.126. The van der Waals surface area contributed by atoms with Gasteiger partial charge in [0, 0.05) is 136 Å². The topological polar surface area (TPSA) is 195 Å².